The third-order valence-electron chi connectivity index (χ3n) is 3.90. The van der Waals surface area contributed by atoms with E-state index in [1.807, 2.05) is 20.8 Å². The SMILES string of the molecule is CCN(C[C@H]1CCCO1)C(=O)c1cccc(NC(=O)NC(C)C)c1. The summed E-state index contributed by atoms with van der Waals surface area (Å²) in [5.74, 6) is -0.0408. The maximum Gasteiger partial charge on any atom is 0.319 e. The number of hydrogen-bond acceptors (Lipinski definition) is 3. The van der Waals surface area contributed by atoms with E-state index >= 15 is 0 Å². The van der Waals surface area contributed by atoms with Crippen molar-refractivity contribution in [2.75, 3.05) is 25.0 Å². The van der Waals surface area contributed by atoms with Gasteiger partial charge in [0.1, 0.15) is 0 Å². The van der Waals surface area contributed by atoms with E-state index in [-0.39, 0.29) is 24.1 Å². The van der Waals surface area contributed by atoms with Gasteiger partial charge in [0.05, 0.1) is 6.10 Å². The van der Waals surface area contributed by atoms with E-state index in [1.54, 1.807) is 29.2 Å². The summed E-state index contributed by atoms with van der Waals surface area (Å²) in [6, 6.07) is 6.80. The second-order valence-corrected chi connectivity index (χ2v) is 6.31. The van der Waals surface area contributed by atoms with Gasteiger partial charge in [0.2, 0.25) is 0 Å². The van der Waals surface area contributed by atoms with Crippen LogP contribution in [-0.2, 0) is 4.74 Å². The van der Waals surface area contributed by atoms with Crippen LogP contribution in [0, 0.1) is 0 Å². The lowest BCUT2D eigenvalue weighted by molar-refractivity contribution is 0.0539. The Balaban J connectivity index is 2.02. The highest BCUT2D eigenvalue weighted by Crippen LogP contribution is 2.17. The molecule has 0 bridgehead atoms. The van der Waals surface area contributed by atoms with Crippen molar-refractivity contribution in [1.29, 1.82) is 0 Å². The highest BCUT2D eigenvalue weighted by atomic mass is 16.5. The molecular formula is C18H27N3O3. The van der Waals surface area contributed by atoms with Gasteiger partial charge in [0.25, 0.3) is 5.91 Å². The van der Waals surface area contributed by atoms with Crippen LogP contribution in [0.4, 0.5) is 10.5 Å². The molecule has 0 aliphatic carbocycles. The molecular weight excluding hydrogens is 306 g/mol. The normalized spacial score (nSPS) is 16.9. The summed E-state index contributed by atoms with van der Waals surface area (Å²) in [6.07, 6.45) is 2.19. The van der Waals surface area contributed by atoms with Crippen molar-refractivity contribution in [3.8, 4) is 0 Å². The number of anilines is 1. The summed E-state index contributed by atoms with van der Waals surface area (Å²) in [6.45, 7) is 7.77. The summed E-state index contributed by atoms with van der Waals surface area (Å²) in [4.78, 5) is 26.3. The highest BCUT2D eigenvalue weighted by molar-refractivity contribution is 5.97. The first-order valence-corrected chi connectivity index (χ1v) is 8.58. The van der Waals surface area contributed by atoms with Crippen molar-refractivity contribution >= 4 is 17.6 Å². The predicted molar refractivity (Wildman–Crippen MR) is 94.3 cm³/mol. The molecule has 3 amide bonds. The minimum Gasteiger partial charge on any atom is -0.376 e. The van der Waals surface area contributed by atoms with Crippen LogP contribution >= 0.6 is 0 Å². The molecule has 6 nitrogen and oxygen atoms in total. The number of amides is 3. The number of ether oxygens (including phenoxy) is 1. The quantitative estimate of drug-likeness (QED) is 0.841. The molecule has 0 aromatic heterocycles. The zero-order valence-corrected chi connectivity index (χ0v) is 14.7. The molecule has 0 unspecified atom stereocenters. The Kier molecular flexibility index (Phi) is 6.61. The van der Waals surface area contributed by atoms with Gasteiger partial charge in [-0.1, -0.05) is 6.07 Å². The van der Waals surface area contributed by atoms with E-state index in [0.29, 0.717) is 24.3 Å². The van der Waals surface area contributed by atoms with Gasteiger partial charge in [0.15, 0.2) is 0 Å². The highest BCUT2D eigenvalue weighted by Gasteiger charge is 2.22. The molecule has 1 atom stereocenters. The molecule has 6 heteroatoms. The van der Waals surface area contributed by atoms with E-state index in [4.69, 9.17) is 4.74 Å². The first kappa shape index (κ1) is 18.3. The number of likely N-dealkylation sites (N-methyl/N-ethyl adjacent to an activating group) is 1. The average Bonchev–Trinajstić information content (AvgIpc) is 3.04. The van der Waals surface area contributed by atoms with Gasteiger partial charge in [-0.05, 0) is 51.8 Å². The molecule has 1 aromatic carbocycles. The molecule has 132 valence electrons. The van der Waals surface area contributed by atoms with Crippen LogP contribution in [0.15, 0.2) is 24.3 Å². The van der Waals surface area contributed by atoms with Gasteiger partial charge in [-0.3, -0.25) is 4.79 Å². The number of carbonyl (C=O) groups excluding carboxylic acids is 2. The van der Waals surface area contributed by atoms with Crippen LogP contribution in [0.1, 0.15) is 44.0 Å². The fourth-order valence-corrected chi connectivity index (χ4v) is 2.73. The second kappa shape index (κ2) is 8.68. The van der Waals surface area contributed by atoms with E-state index in [1.165, 1.54) is 0 Å². The Bertz CT molecular complexity index is 568. The number of nitrogens with one attached hydrogen (secondary N) is 2. The van der Waals surface area contributed by atoms with Crippen molar-refractivity contribution in [3.63, 3.8) is 0 Å². The predicted octanol–water partition coefficient (Wildman–Crippen LogP) is 2.86. The zero-order valence-electron chi connectivity index (χ0n) is 14.7. The van der Waals surface area contributed by atoms with Crippen LogP contribution in [0.5, 0.6) is 0 Å². The number of benzene rings is 1. The van der Waals surface area contributed by atoms with Crippen LogP contribution in [0.2, 0.25) is 0 Å². The molecule has 1 fully saturated rings. The summed E-state index contributed by atoms with van der Waals surface area (Å²) >= 11 is 0. The molecule has 2 rings (SSSR count). The van der Waals surface area contributed by atoms with Crippen molar-refractivity contribution in [2.24, 2.45) is 0 Å². The number of carbonyl (C=O) groups is 2. The number of hydrogen-bond donors (Lipinski definition) is 2. The number of nitrogens with zero attached hydrogens (tertiary/aromatic N) is 1. The Hall–Kier alpha value is -2.08. The number of rotatable bonds is 6. The Morgan fingerprint density at radius 2 is 2.17 bits per heavy atom. The molecule has 0 saturated carbocycles. The van der Waals surface area contributed by atoms with E-state index in [9.17, 15) is 9.59 Å². The lowest BCUT2D eigenvalue weighted by Gasteiger charge is -2.24. The minimum atomic E-state index is -0.277. The van der Waals surface area contributed by atoms with Crippen LogP contribution < -0.4 is 10.6 Å². The molecule has 2 N–H and O–H groups in total. The topological polar surface area (TPSA) is 70.7 Å². The first-order chi connectivity index (χ1) is 11.5. The molecule has 1 aromatic rings. The smallest absolute Gasteiger partial charge is 0.319 e. The van der Waals surface area contributed by atoms with Crippen molar-refractivity contribution in [1.82, 2.24) is 10.2 Å². The maximum absolute atomic E-state index is 12.7. The number of urea groups is 1. The van der Waals surface area contributed by atoms with Crippen LogP contribution in [0.3, 0.4) is 0 Å². The van der Waals surface area contributed by atoms with Crippen LogP contribution in [0.25, 0.3) is 0 Å². The fraction of sp³-hybridized carbons (Fsp3) is 0.556. The van der Waals surface area contributed by atoms with Gasteiger partial charge >= 0.3 is 6.03 Å². The standard InChI is InChI=1S/C18H27N3O3/c1-4-21(12-16-9-6-10-24-16)17(22)14-7-5-8-15(11-14)20-18(23)19-13(2)3/h5,7-8,11,13,16H,4,6,9-10,12H2,1-3H3,(H2,19,20,23)/t16-/m1/s1. The second-order valence-electron chi connectivity index (χ2n) is 6.31. The summed E-state index contributed by atoms with van der Waals surface area (Å²) in [5, 5.41) is 5.51. The lowest BCUT2D eigenvalue weighted by Crippen LogP contribution is -2.37. The van der Waals surface area contributed by atoms with E-state index < -0.39 is 0 Å². The third kappa shape index (κ3) is 5.23. The summed E-state index contributed by atoms with van der Waals surface area (Å²) < 4.78 is 5.63. The summed E-state index contributed by atoms with van der Waals surface area (Å²) in [5.41, 5.74) is 1.17. The fourth-order valence-electron chi connectivity index (χ4n) is 2.73. The van der Waals surface area contributed by atoms with Gasteiger partial charge in [-0.15, -0.1) is 0 Å². The average molecular weight is 333 g/mol. The summed E-state index contributed by atoms with van der Waals surface area (Å²) in [7, 11) is 0. The Labute approximate surface area is 143 Å². The third-order valence-corrected chi connectivity index (χ3v) is 3.90. The lowest BCUT2D eigenvalue weighted by atomic mass is 10.1. The molecule has 1 aliphatic rings. The minimum absolute atomic E-state index is 0.0408. The van der Waals surface area contributed by atoms with Gasteiger partial charge in [-0.2, -0.15) is 0 Å². The Morgan fingerprint density at radius 1 is 1.38 bits per heavy atom. The van der Waals surface area contributed by atoms with Crippen LogP contribution in [-0.4, -0.2) is 48.7 Å². The van der Waals surface area contributed by atoms with Gasteiger partial charge in [0, 0.05) is 37.0 Å². The van der Waals surface area contributed by atoms with E-state index in [0.717, 1.165) is 19.4 Å². The zero-order chi connectivity index (χ0) is 17.5. The van der Waals surface area contributed by atoms with Crippen molar-refractivity contribution in [3.05, 3.63) is 29.8 Å². The molecule has 1 heterocycles. The van der Waals surface area contributed by atoms with E-state index in [2.05, 4.69) is 10.6 Å². The van der Waals surface area contributed by atoms with Crippen molar-refractivity contribution < 1.29 is 14.3 Å². The largest absolute Gasteiger partial charge is 0.376 e. The molecule has 0 radical (unpaired) electrons. The molecule has 0 spiro atoms. The first-order valence-electron chi connectivity index (χ1n) is 8.58. The molecule has 1 saturated heterocycles. The van der Waals surface area contributed by atoms with Gasteiger partial charge in [-0.25, -0.2) is 4.79 Å². The Morgan fingerprint density at radius 3 is 2.79 bits per heavy atom. The molecule has 24 heavy (non-hydrogen) atoms. The maximum atomic E-state index is 12.7. The van der Waals surface area contributed by atoms with Crippen molar-refractivity contribution in [2.45, 2.75) is 45.8 Å². The molecule has 1 aliphatic heterocycles. The van der Waals surface area contributed by atoms with Gasteiger partial charge < -0.3 is 20.3 Å². The monoisotopic (exact) mass is 333 g/mol.